The average molecular weight is 366 g/mol. The van der Waals surface area contributed by atoms with Gasteiger partial charge < -0.3 is 4.42 Å². The molecule has 4 rings (SSSR count). The minimum absolute atomic E-state index is 0.194. The van der Waals surface area contributed by atoms with Gasteiger partial charge in [0.05, 0.1) is 23.0 Å². The van der Waals surface area contributed by atoms with Crippen molar-refractivity contribution in [3.8, 4) is 0 Å². The lowest BCUT2D eigenvalue weighted by molar-refractivity contribution is 0.0977. The van der Waals surface area contributed by atoms with E-state index in [2.05, 4.69) is 16.1 Å². The van der Waals surface area contributed by atoms with Crippen LogP contribution in [0.4, 0.5) is 5.13 Å². The summed E-state index contributed by atoms with van der Waals surface area (Å²) in [4.78, 5) is 19.4. The number of anilines is 1. The van der Waals surface area contributed by atoms with Crippen LogP contribution < -0.4 is 4.90 Å². The lowest BCUT2D eigenvalue weighted by atomic mass is 10.2. The van der Waals surface area contributed by atoms with Crippen molar-refractivity contribution in [1.82, 2.24) is 14.8 Å². The SMILES string of the molecule is Cc1ccc2nc(N(Cc3ccco3)C(=O)c3cc(C)n(C)n3)sc2c1. The van der Waals surface area contributed by atoms with E-state index >= 15 is 0 Å². The number of amides is 1. The Labute approximate surface area is 154 Å². The fraction of sp³-hybridized carbons (Fsp3) is 0.211. The van der Waals surface area contributed by atoms with Gasteiger partial charge in [0.25, 0.3) is 5.91 Å². The molecule has 0 bridgehead atoms. The summed E-state index contributed by atoms with van der Waals surface area (Å²) in [5.74, 6) is 0.502. The van der Waals surface area contributed by atoms with Gasteiger partial charge in [-0.25, -0.2) is 4.98 Å². The smallest absolute Gasteiger partial charge is 0.280 e. The van der Waals surface area contributed by atoms with Crippen molar-refractivity contribution in [3.05, 3.63) is 65.4 Å². The number of hydrogen-bond acceptors (Lipinski definition) is 5. The fourth-order valence-corrected chi connectivity index (χ4v) is 3.78. The first-order chi connectivity index (χ1) is 12.5. The van der Waals surface area contributed by atoms with Crippen molar-refractivity contribution in [2.45, 2.75) is 20.4 Å². The Bertz CT molecular complexity index is 1060. The van der Waals surface area contributed by atoms with E-state index in [1.807, 2.05) is 45.2 Å². The summed E-state index contributed by atoms with van der Waals surface area (Å²) in [6.45, 7) is 4.27. The summed E-state index contributed by atoms with van der Waals surface area (Å²) in [7, 11) is 1.82. The van der Waals surface area contributed by atoms with Crippen molar-refractivity contribution in [2.75, 3.05) is 4.90 Å². The normalized spacial score (nSPS) is 11.2. The maximum absolute atomic E-state index is 13.2. The first-order valence-corrected chi connectivity index (χ1v) is 9.05. The highest BCUT2D eigenvalue weighted by Gasteiger charge is 2.25. The van der Waals surface area contributed by atoms with Crippen LogP contribution in [-0.4, -0.2) is 20.7 Å². The fourth-order valence-electron chi connectivity index (χ4n) is 2.72. The molecule has 0 fully saturated rings. The standard InChI is InChI=1S/C19H18N4O2S/c1-12-6-7-15-17(9-12)26-19(20-15)23(11-14-5-4-8-25-14)18(24)16-10-13(2)22(3)21-16/h4-10H,11H2,1-3H3. The van der Waals surface area contributed by atoms with E-state index in [1.54, 1.807) is 21.9 Å². The molecular weight excluding hydrogens is 348 g/mol. The largest absolute Gasteiger partial charge is 0.467 e. The maximum Gasteiger partial charge on any atom is 0.280 e. The van der Waals surface area contributed by atoms with Gasteiger partial charge in [0.15, 0.2) is 10.8 Å². The second-order valence-electron chi connectivity index (χ2n) is 6.23. The van der Waals surface area contributed by atoms with Crippen molar-refractivity contribution in [3.63, 3.8) is 0 Å². The summed E-state index contributed by atoms with van der Waals surface area (Å²) < 4.78 is 8.20. The van der Waals surface area contributed by atoms with Crippen LogP contribution in [0.1, 0.15) is 27.5 Å². The van der Waals surface area contributed by atoms with Crippen molar-refractivity contribution >= 4 is 32.6 Å². The number of aromatic nitrogens is 3. The number of thiazole rings is 1. The molecule has 6 nitrogen and oxygen atoms in total. The van der Waals surface area contributed by atoms with E-state index < -0.39 is 0 Å². The molecule has 132 valence electrons. The van der Waals surface area contributed by atoms with Crippen LogP contribution in [0.5, 0.6) is 0 Å². The number of aryl methyl sites for hydroxylation is 3. The zero-order valence-electron chi connectivity index (χ0n) is 14.8. The number of carbonyl (C=O) groups is 1. The van der Waals surface area contributed by atoms with Crippen LogP contribution in [0.25, 0.3) is 10.2 Å². The Balaban J connectivity index is 1.77. The number of hydrogen-bond donors (Lipinski definition) is 0. The molecule has 7 heteroatoms. The van der Waals surface area contributed by atoms with Crippen LogP contribution in [0.3, 0.4) is 0 Å². The van der Waals surface area contributed by atoms with E-state index in [0.717, 1.165) is 21.5 Å². The Kier molecular flexibility index (Phi) is 4.08. The number of benzene rings is 1. The molecule has 26 heavy (non-hydrogen) atoms. The van der Waals surface area contributed by atoms with E-state index in [9.17, 15) is 4.79 Å². The van der Waals surface area contributed by atoms with Crippen molar-refractivity contribution < 1.29 is 9.21 Å². The van der Waals surface area contributed by atoms with Gasteiger partial charge in [0, 0.05) is 12.7 Å². The quantitative estimate of drug-likeness (QED) is 0.546. The second-order valence-corrected chi connectivity index (χ2v) is 7.24. The molecular formula is C19H18N4O2S. The van der Waals surface area contributed by atoms with Crippen molar-refractivity contribution in [2.24, 2.45) is 7.05 Å². The molecule has 0 aliphatic heterocycles. The Morgan fingerprint density at radius 1 is 1.27 bits per heavy atom. The van der Waals surface area contributed by atoms with Gasteiger partial charge in [-0.05, 0) is 49.7 Å². The zero-order chi connectivity index (χ0) is 18.3. The molecule has 1 amide bonds. The zero-order valence-corrected chi connectivity index (χ0v) is 15.6. The predicted molar refractivity (Wildman–Crippen MR) is 102 cm³/mol. The summed E-state index contributed by atoms with van der Waals surface area (Å²) in [6, 6.07) is 11.5. The highest BCUT2D eigenvalue weighted by molar-refractivity contribution is 7.22. The van der Waals surface area contributed by atoms with E-state index in [0.29, 0.717) is 23.1 Å². The van der Waals surface area contributed by atoms with Crippen LogP contribution in [-0.2, 0) is 13.6 Å². The Morgan fingerprint density at radius 2 is 2.12 bits per heavy atom. The Morgan fingerprint density at radius 3 is 2.81 bits per heavy atom. The number of fused-ring (bicyclic) bond motifs is 1. The number of furan rings is 1. The van der Waals surface area contributed by atoms with Gasteiger partial charge >= 0.3 is 0 Å². The highest BCUT2D eigenvalue weighted by atomic mass is 32.1. The monoisotopic (exact) mass is 366 g/mol. The van der Waals surface area contributed by atoms with Gasteiger partial charge in [0.1, 0.15) is 5.76 Å². The molecule has 1 aromatic carbocycles. The van der Waals surface area contributed by atoms with Gasteiger partial charge in [-0.3, -0.25) is 14.4 Å². The molecule has 0 radical (unpaired) electrons. The first-order valence-electron chi connectivity index (χ1n) is 8.23. The van der Waals surface area contributed by atoms with Gasteiger partial charge in [-0.1, -0.05) is 17.4 Å². The van der Waals surface area contributed by atoms with Gasteiger partial charge in [-0.2, -0.15) is 5.10 Å². The lowest BCUT2D eigenvalue weighted by Gasteiger charge is -2.17. The minimum atomic E-state index is -0.194. The van der Waals surface area contributed by atoms with Crippen molar-refractivity contribution in [1.29, 1.82) is 0 Å². The topological polar surface area (TPSA) is 64.2 Å². The molecule has 3 heterocycles. The molecule has 0 N–H and O–H groups in total. The molecule has 0 aliphatic rings. The van der Waals surface area contributed by atoms with Gasteiger partial charge in [-0.15, -0.1) is 0 Å². The molecule has 0 saturated heterocycles. The van der Waals surface area contributed by atoms with Crippen LogP contribution in [0.15, 0.2) is 47.1 Å². The van der Waals surface area contributed by atoms with Gasteiger partial charge in [0.2, 0.25) is 0 Å². The maximum atomic E-state index is 13.2. The predicted octanol–water partition coefficient (Wildman–Crippen LogP) is 4.09. The number of nitrogens with zero attached hydrogens (tertiary/aromatic N) is 4. The molecule has 4 aromatic rings. The van der Waals surface area contributed by atoms with Crippen LogP contribution in [0.2, 0.25) is 0 Å². The van der Waals surface area contributed by atoms with E-state index in [4.69, 9.17) is 4.42 Å². The third kappa shape index (κ3) is 3.01. The third-order valence-electron chi connectivity index (χ3n) is 4.24. The summed E-state index contributed by atoms with van der Waals surface area (Å²) >= 11 is 1.49. The molecule has 0 unspecified atom stereocenters. The molecule has 0 atom stereocenters. The van der Waals surface area contributed by atoms with E-state index in [1.165, 1.54) is 11.3 Å². The van der Waals surface area contributed by atoms with Crippen LogP contribution in [0, 0.1) is 13.8 Å². The molecule has 0 spiro atoms. The molecule has 0 aliphatic carbocycles. The number of rotatable bonds is 4. The van der Waals surface area contributed by atoms with Crippen LogP contribution >= 0.6 is 11.3 Å². The minimum Gasteiger partial charge on any atom is -0.467 e. The second kappa shape index (κ2) is 6.42. The average Bonchev–Trinajstić information content (AvgIpc) is 3.33. The third-order valence-corrected chi connectivity index (χ3v) is 5.28. The number of carbonyl (C=O) groups excluding carboxylic acids is 1. The highest BCUT2D eigenvalue weighted by Crippen LogP contribution is 2.31. The summed E-state index contributed by atoms with van der Waals surface area (Å²) in [6.07, 6.45) is 1.60. The molecule has 3 aromatic heterocycles. The first kappa shape index (κ1) is 16.5. The van der Waals surface area contributed by atoms with E-state index in [-0.39, 0.29) is 5.91 Å². The summed E-state index contributed by atoms with van der Waals surface area (Å²) in [5.41, 5.74) is 3.36. The molecule has 0 saturated carbocycles. The summed E-state index contributed by atoms with van der Waals surface area (Å²) in [5, 5.41) is 4.96. The Hall–Kier alpha value is -2.93. The lowest BCUT2D eigenvalue weighted by Crippen LogP contribution is -2.30.